The van der Waals surface area contributed by atoms with Gasteiger partial charge in [0.05, 0.1) is 6.10 Å². The Balaban J connectivity index is 3.60. The largest absolute Gasteiger partial charge is 0.396 e. The Morgan fingerprint density at radius 2 is 1.38 bits per heavy atom. The Bertz CT molecular complexity index is 137. The van der Waals surface area contributed by atoms with E-state index in [1.165, 1.54) is 32.1 Å². The SMILES string of the molecule is CCCCCC[C@H](O)[C@@H](CO)CCCCC. The zero-order valence-corrected chi connectivity index (χ0v) is 11.1. The fraction of sp³-hybridized carbons (Fsp3) is 1.00. The number of rotatable bonds is 11. The second-order valence-electron chi connectivity index (χ2n) is 4.86. The second-order valence-corrected chi connectivity index (χ2v) is 4.86. The van der Waals surface area contributed by atoms with Crippen molar-refractivity contribution < 1.29 is 10.2 Å². The van der Waals surface area contributed by atoms with Gasteiger partial charge in [-0.25, -0.2) is 0 Å². The van der Waals surface area contributed by atoms with Crippen LogP contribution in [0.4, 0.5) is 0 Å². The van der Waals surface area contributed by atoms with E-state index in [-0.39, 0.29) is 18.6 Å². The Hall–Kier alpha value is -0.0800. The third-order valence-corrected chi connectivity index (χ3v) is 3.31. The summed E-state index contributed by atoms with van der Waals surface area (Å²) in [6.07, 6.45) is 9.87. The minimum absolute atomic E-state index is 0.105. The highest BCUT2D eigenvalue weighted by Gasteiger charge is 2.17. The molecule has 2 nitrogen and oxygen atoms in total. The highest BCUT2D eigenvalue weighted by molar-refractivity contribution is 4.68. The second kappa shape index (κ2) is 11.4. The molecule has 0 aliphatic rings. The van der Waals surface area contributed by atoms with Gasteiger partial charge in [-0.1, -0.05) is 58.8 Å². The summed E-state index contributed by atoms with van der Waals surface area (Å²) in [4.78, 5) is 0. The lowest BCUT2D eigenvalue weighted by molar-refractivity contribution is 0.0529. The van der Waals surface area contributed by atoms with Crippen molar-refractivity contribution in [2.75, 3.05) is 6.61 Å². The van der Waals surface area contributed by atoms with Gasteiger partial charge < -0.3 is 10.2 Å². The van der Waals surface area contributed by atoms with E-state index in [1.54, 1.807) is 0 Å². The normalized spacial score (nSPS) is 15.0. The zero-order chi connectivity index (χ0) is 12.2. The molecule has 0 bridgehead atoms. The molecule has 0 radical (unpaired) electrons. The van der Waals surface area contributed by atoms with Crippen molar-refractivity contribution in [1.29, 1.82) is 0 Å². The van der Waals surface area contributed by atoms with Crippen molar-refractivity contribution in [1.82, 2.24) is 0 Å². The average molecular weight is 230 g/mol. The summed E-state index contributed by atoms with van der Waals surface area (Å²) in [5.74, 6) is 0.105. The fourth-order valence-corrected chi connectivity index (χ4v) is 2.08. The van der Waals surface area contributed by atoms with Crippen LogP contribution in [0, 0.1) is 5.92 Å². The van der Waals surface area contributed by atoms with Gasteiger partial charge in [0, 0.05) is 12.5 Å². The maximum absolute atomic E-state index is 9.95. The lowest BCUT2D eigenvalue weighted by Crippen LogP contribution is -2.23. The molecule has 0 rings (SSSR count). The molecule has 0 spiro atoms. The van der Waals surface area contributed by atoms with E-state index < -0.39 is 0 Å². The van der Waals surface area contributed by atoms with E-state index in [4.69, 9.17) is 0 Å². The van der Waals surface area contributed by atoms with Crippen LogP contribution in [0.2, 0.25) is 0 Å². The van der Waals surface area contributed by atoms with Crippen molar-refractivity contribution in [3.05, 3.63) is 0 Å². The molecular formula is C14H30O2. The quantitative estimate of drug-likeness (QED) is 0.533. The van der Waals surface area contributed by atoms with Crippen LogP contribution in [-0.4, -0.2) is 22.9 Å². The third kappa shape index (κ3) is 8.12. The molecule has 98 valence electrons. The van der Waals surface area contributed by atoms with Crippen LogP contribution in [-0.2, 0) is 0 Å². The lowest BCUT2D eigenvalue weighted by atomic mass is 9.92. The molecule has 0 saturated carbocycles. The van der Waals surface area contributed by atoms with Crippen LogP contribution in [0.15, 0.2) is 0 Å². The van der Waals surface area contributed by atoms with Crippen molar-refractivity contribution in [2.45, 2.75) is 77.7 Å². The van der Waals surface area contributed by atoms with Crippen molar-refractivity contribution in [3.63, 3.8) is 0 Å². The van der Waals surface area contributed by atoms with E-state index >= 15 is 0 Å². The number of aliphatic hydroxyl groups excluding tert-OH is 2. The molecule has 2 N–H and O–H groups in total. The van der Waals surface area contributed by atoms with Gasteiger partial charge in [0.1, 0.15) is 0 Å². The van der Waals surface area contributed by atoms with E-state index in [9.17, 15) is 10.2 Å². The summed E-state index contributed by atoms with van der Waals surface area (Å²) in [7, 11) is 0. The first kappa shape index (κ1) is 15.9. The summed E-state index contributed by atoms with van der Waals surface area (Å²) in [6, 6.07) is 0. The zero-order valence-electron chi connectivity index (χ0n) is 11.1. The molecule has 0 fully saturated rings. The molecule has 0 amide bonds. The smallest absolute Gasteiger partial charge is 0.0590 e. The number of hydrogen-bond acceptors (Lipinski definition) is 2. The topological polar surface area (TPSA) is 40.5 Å². The molecule has 0 unspecified atom stereocenters. The summed E-state index contributed by atoms with van der Waals surface area (Å²) in [5, 5.41) is 19.2. The highest BCUT2D eigenvalue weighted by atomic mass is 16.3. The van der Waals surface area contributed by atoms with Crippen molar-refractivity contribution in [2.24, 2.45) is 5.92 Å². The highest BCUT2D eigenvalue weighted by Crippen LogP contribution is 2.18. The fourth-order valence-electron chi connectivity index (χ4n) is 2.08. The number of hydrogen-bond donors (Lipinski definition) is 2. The third-order valence-electron chi connectivity index (χ3n) is 3.31. The molecule has 0 saturated heterocycles. The first-order valence-electron chi connectivity index (χ1n) is 7.05. The standard InChI is InChI=1S/C14H30O2/c1-3-5-7-9-11-14(16)13(12-15)10-8-6-4-2/h13-16H,3-12H2,1-2H3/t13-,14+/m1/s1. The maximum Gasteiger partial charge on any atom is 0.0590 e. The van der Waals surface area contributed by atoms with E-state index in [0.717, 1.165) is 25.7 Å². The van der Waals surface area contributed by atoms with Gasteiger partial charge in [0.25, 0.3) is 0 Å². The molecular weight excluding hydrogens is 200 g/mol. The van der Waals surface area contributed by atoms with Crippen LogP contribution in [0.3, 0.4) is 0 Å². The lowest BCUT2D eigenvalue weighted by Gasteiger charge is -2.20. The van der Waals surface area contributed by atoms with Gasteiger partial charge >= 0.3 is 0 Å². The predicted octanol–water partition coefficient (Wildman–Crippen LogP) is 3.51. The minimum atomic E-state index is -0.293. The monoisotopic (exact) mass is 230 g/mol. The van der Waals surface area contributed by atoms with Gasteiger partial charge in [-0.05, 0) is 12.8 Å². The van der Waals surface area contributed by atoms with Gasteiger partial charge in [-0.15, -0.1) is 0 Å². The molecule has 0 aromatic heterocycles. The minimum Gasteiger partial charge on any atom is -0.396 e. The Morgan fingerprint density at radius 3 is 1.94 bits per heavy atom. The maximum atomic E-state index is 9.95. The first-order chi connectivity index (χ1) is 7.76. The van der Waals surface area contributed by atoms with Crippen LogP contribution < -0.4 is 0 Å². The van der Waals surface area contributed by atoms with Crippen molar-refractivity contribution in [3.8, 4) is 0 Å². The van der Waals surface area contributed by atoms with Crippen LogP contribution in [0.25, 0.3) is 0 Å². The number of unbranched alkanes of at least 4 members (excludes halogenated alkanes) is 5. The molecule has 0 aliphatic carbocycles. The average Bonchev–Trinajstić information content (AvgIpc) is 2.30. The Kier molecular flexibility index (Phi) is 11.3. The molecule has 0 aromatic rings. The summed E-state index contributed by atoms with van der Waals surface area (Å²) in [6.45, 7) is 4.51. The Labute approximate surface area is 101 Å². The summed E-state index contributed by atoms with van der Waals surface area (Å²) < 4.78 is 0. The predicted molar refractivity (Wildman–Crippen MR) is 69.5 cm³/mol. The molecule has 2 heteroatoms. The van der Waals surface area contributed by atoms with Gasteiger partial charge in [0.2, 0.25) is 0 Å². The van der Waals surface area contributed by atoms with Gasteiger partial charge in [0.15, 0.2) is 0 Å². The summed E-state index contributed by atoms with van der Waals surface area (Å²) in [5.41, 5.74) is 0. The van der Waals surface area contributed by atoms with E-state index in [1.807, 2.05) is 0 Å². The van der Waals surface area contributed by atoms with Gasteiger partial charge in [-0.3, -0.25) is 0 Å². The molecule has 0 aliphatic heterocycles. The van der Waals surface area contributed by atoms with Crippen molar-refractivity contribution >= 4 is 0 Å². The van der Waals surface area contributed by atoms with Crippen LogP contribution in [0.1, 0.15) is 71.6 Å². The molecule has 16 heavy (non-hydrogen) atoms. The molecule has 2 atom stereocenters. The summed E-state index contributed by atoms with van der Waals surface area (Å²) >= 11 is 0. The molecule has 0 aromatic carbocycles. The van der Waals surface area contributed by atoms with Gasteiger partial charge in [-0.2, -0.15) is 0 Å². The Morgan fingerprint density at radius 1 is 0.812 bits per heavy atom. The van der Waals surface area contributed by atoms with E-state index in [2.05, 4.69) is 13.8 Å². The first-order valence-corrected chi connectivity index (χ1v) is 7.05. The molecule has 0 heterocycles. The number of aliphatic hydroxyl groups is 2. The van der Waals surface area contributed by atoms with Crippen LogP contribution >= 0.6 is 0 Å². The van der Waals surface area contributed by atoms with E-state index in [0.29, 0.717) is 0 Å². The van der Waals surface area contributed by atoms with Crippen LogP contribution in [0.5, 0.6) is 0 Å².